The van der Waals surface area contributed by atoms with E-state index in [1.165, 1.54) is 37.9 Å². The van der Waals surface area contributed by atoms with Crippen molar-refractivity contribution in [1.82, 2.24) is 9.55 Å². The SMILES string of the molecule is COC(=O)C1CCn2c(cnc2C2CCC2)C1. The molecule has 1 fully saturated rings. The smallest absolute Gasteiger partial charge is 0.309 e. The lowest BCUT2D eigenvalue weighted by molar-refractivity contribution is -0.146. The normalized spacial score (nSPS) is 23.9. The number of nitrogens with zero attached hydrogens (tertiary/aromatic N) is 2. The summed E-state index contributed by atoms with van der Waals surface area (Å²) < 4.78 is 7.15. The highest BCUT2D eigenvalue weighted by Crippen LogP contribution is 2.37. The number of rotatable bonds is 2. The molecule has 0 amide bonds. The minimum absolute atomic E-state index is 0.0263. The molecule has 0 bridgehead atoms. The summed E-state index contributed by atoms with van der Waals surface area (Å²) in [5.41, 5.74) is 1.20. The molecule has 1 aliphatic carbocycles. The molecule has 1 aliphatic heterocycles. The van der Waals surface area contributed by atoms with E-state index in [-0.39, 0.29) is 11.9 Å². The van der Waals surface area contributed by atoms with Crippen LogP contribution in [0.3, 0.4) is 0 Å². The van der Waals surface area contributed by atoms with E-state index in [1.54, 1.807) is 0 Å². The topological polar surface area (TPSA) is 44.1 Å². The molecule has 0 spiro atoms. The Morgan fingerprint density at radius 2 is 2.29 bits per heavy atom. The standard InChI is InChI=1S/C13H18N2O2/c1-17-13(16)10-5-6-15-11(7-10)8-14-12(15)9-3-2-4-9/h8-10H,2-7H2,1H3. The van der Waals surface area contributed by atoms with Crippen LogP contribution >= 0.6 is 0 Å². The van der Waals surface area contributed by atoms with E-state index in [2.05, 4.69) is 9.55 Å². The number of carbonyl (C=O) groups is 1. The number of hydrogen-bond acceptors (Lipinski definition) is 3. The van der Waals surface area contributed by atoms with Gasteiger partial charge in [0, 0.05) is 30.8 Å². The number of ether oxygens (including phenoxy) is 1. The summed E-state index contributed by atoms with van der Waals surface area (Å²) in [6.07, 6.45) is 7.50. The van der Waals surface area contributed by atoms with Crippen molar-refractivity contribution in [3.05, 3.63) is 17.7 Å². The molecule has 0 radical (unpaired) electrons. The van der Waals surface area contributed by atoms with E-state index in [4.69, 9.17) is 4.74 Å². The molecule has 1 aromatic rings. The van der Waals surface area contributed by atoms with Crippen molar-refractivity contribution in [2.24, 2.45) is 5.92 Å². The summed E-state index contributed by atoms with van der Waals surface area (Å²) in [5, 5.41) is 0. The molecule has 4 nitrogen and oxygen atoms in total. The van der Waals surface area contributed by atoms with Gasteiger partial charge in [-0.15, -0.1) is 0 Å². The number of methoxy groups -OCH3 is 1. The van der Waals surface area contributed by atoms with Crippen LogP contribution in [0.4, 0.5) is 0 Å². The predicted molar refractivity (Wildman–Crippen MR) is 62.6 cm³/mol. The summed E-state index contributed by atoms with van der Waals surface area (Å²) in [6, 6.07) is 0. The predicted octanol–water partition coefficient (Wildman–Crippen LogP) is 1.89. The molecule has 1 aromatic heterocycles. The van der Waals surface area contributed by atoms with E-state index in [1.807, 2.05) is 6.20 Å². The molecule has 0 N–H and O–H groups in total. The quantitative estimate of drug-likeness (QED) is 0.734. The van der Waals surface area contributed by atoms with Crippen LogP contribution in [0.2, 0.25) is 0 Å². The monoisotopic (exact) mass is 234 g/mol. The maximum absolute atomic E-state index is 11.5. The Labute approximate surface area is 101 Å². The molecule has 2 heterocycles. The highest BCUT2D eigenvalue weighted by molar-refractivity contribution is 5.72. The van der Waals surface area contributed by atoms with Gasteiger partial charge in [-0.3, -0.25) is 4.79 Å². The van der Waals surface area contributed by atoms with Crippen molar-refractivity contribution in [2.75, 3.05) is 7.11 Å². The van der Waals surface area contributed by atoms with Crippen molar-refractivity contribution in [2.45, 2.75) is 44.6 Å². The van der Waals surface area contributed by atoms with Gasteiger partial charge < -0.3 is 9.30 Å². The molecule has 17 heavy (non-hydrogen) atoms. The molecule has 0 saturated heterocycles. The van der Waals surface area contributed by atoms with Crippen LogP contribution in [-0.4, -0.2) is 22.6 Å². The third-order valence-corrected chi connectivity index (χ3v) is 4.13. The van der Waals surface area contributed by atoms with E-state index in [0.717, 1.165) is 19.4 Å². The van der Waals surface area contributed by atoms with Crippen LogP contribution in [0.1, 0.15) is 43.1 Å². The molecule has 1 atom stereocenters. The van der Waals surface area contributed by atoms with Gasteiger partial charge in [-0.25, -0.2) is 4.98 Å². The van der Waals surface area contributed by atoms with E-state index in [0.29, 0.717) is 5.92 Å². The molecule has 2 aliphatic rings. The van der Waals surface area contributed by atoms with Crippen LogP contribution < -0.4 is 0 Å². The van der Waals surface area contributed by atoms with Crippen LogP contribution in [0.15, 0.2) is 6.20 Å². The van der Waals surface area contributed by atoms with Gasteiger partial charge in [-0.1, -0.05) is 6.42 Å². The minimum Gasteiger partial charge on any atom is -0.469 e. The fourth-order valence-corrected chi connectivity index (χ4v) is 2.85. The second-order valence-corrected chi connectivity index (χ2v) is 5.10. The zero-order valence-corrected chi connectivity index (χ0v) is 10.2. The maximum atomic E-state index is 11.5. The molecular formula is C13H18N2O2. The van der Waals surface area contributed by atoms with E-state index in [9.17, 15) is 4.79 Å². The summed E-state index contributed by atoms with van der Waals surface area (Å²) in [4.78, 5) is 16.1. The number of carbonyl (C=O) groups excluding carboxylic acids is 1. The van der Waals surface area contributed by atoms with Crippen molar-refractivity contribution >= 4 is 5.97 Å². The number of esters is 1. The van der Waals surface area contributed by atoms with Crippen molar-refractivity contribution in [3.8, 4) is 0 Å². The Hall–Kier alpha value is -1.32. The van der Waals surface area contributed by atoms with Gasteiger partial charge in [0.25, 0.3) is 0 Å². The molecule has 3 rings (SSSR count). The Morgan fingerprint density at radius 3 is 2.94 bits per heavy atom. The van der Waals surface area contributed by atoms with Gasteiger partial charge in [0.15, 0.2) is 0 Å². The van der Waals surface area contributed by atoms with Crippen LogP contribution in [-0.2, 0) is 22.5 Å². The van der Waals surface area contributed by atoms with Gasteiger partial charge in [0.05, 0.1) is 13.0 Å². The second-order valence-electron chi connectivity index (χ2n) is 5.10. The van der Waals surface area contributed by atoms with Crippen LogP contribution in [0, 0.1) is 5.92 Å². The number of hydrogen-bond donors (Lipinski definition) is 0. The third kappa shape index (κ3) is 1.75. The summed E-state index contributed by atoms with van der Waals surface area (Å²) in [7, 11) is 1.47. The molecule has 1 unspecified atom stereocenters. The molecule has 1 saturated carbocycles. The Balaban J connectivity index is 1.80. The number of fused-ring (bicyclic) bond motifs is 1. The zero-order valence-electron chi connectivity index (χ0n) is 10.2. The van der Waals surface area contributed by atoms with Crippen LogP contribution in [0.5, 0.6) is 0 Å². The maximum Gasteiger partial charge on any atom is 0.309 e. The summed E-state index contributed by atoms with van der Waals surface area (Å²) in [6.45, 7) is 0.918. The molecule has 0 aromatic carbocycles. The molecule has 4 heteroatoms. The van der Waals surface area contributed by atoms with Gasteiger partial charge in [0.1, 0.15) is 5.82 Å². The zero-order chi connectivity index (χ0) is 11.8. The average Bonchev–Trinajstić information content (AvgIpc) is 2.69. The Kier molecular flexibility index (Phi) is 2.65. The fraction of sp³-hybridized carbons (Fsp3) is 0.692. The minimum atomic E-state index is -0.0809. The molecule has 92 valence electrons. The van der Waals surface area contributed by atoms with Gasteiger partial charge in [-0.2, -0.15) is 0 Å². The highest BCUT2D eigenvalue weighted by Gasteiger charge is 2.30. The fourth-order valence-electron chi connectivity index (χ4n) is 2.85. The van der Waals surface area contributed by atoms with Crippen LogP contribution in [0.25, 0.3) is 0 Å². The van der Waals surface area contributed by atoms with Crippen molar-refractivity contribution in [1.29, 1.82) is 0 Å². The highest BCUT2D eigenvalue weighted by atomic mass is 16.5. The van der Waals surface area contributed by atoms with Gasteiger partial charge in [0.2, 0.25) is 0 Å². The summed E-state index contributed by atoms with van der Waals surface area (Å²) >= 11 is 0. The largest absolute Gasteiger partial charge is 0.469 e. The third-order valence-electron chi connectivity index (χ3n) is 4.13. The van der Waals surface area contributed by atoms with Gasteiger partial charge in [-0.05, 0) is 19.3 Å². The lowest BCUT2D eigenvalue weighted by Crippen LogP contribution is -2.28. The first-order valence-electron chi connectivity index (χ1n) is 6.41. The second kappa shape index (κ2) is 4.17. The van der Waals surface area contributed by atoms with Crippen molar-refractivity contribution < 1.29 is 9.53 Å². The molecular weight excluding hydrogens is 216 g/mol. The Morgan fingerprint density at radius 1 is 1.47 bits per heavy atom. The summed E-state index contributed by atoms with van der Waals surface area (Å²) in [5.74, 6) is 1.86. The average molecular weight is 234 g/mol. The number of imidazole rings is 1. The lowest BCUT2D eigenvalue weighted by Gasteiger charge is -2.29. The Bertz CT molecular complexity index is 435. The first-order chi connectivity index (χ1) is 8.29. The first-order valence-corrected chi connectivity index (χ1v) is 6.41. The first kappa shape index (κ1) is 10.8. The lowest BCUT2D eigenvalue weighted by atomic mass is 9.84. The van der Waals surface area contributed by atoms with E-state index < -0.39 is 0 Å². The van der Waals surface area contributed by atoms with E-state index >= 15 is 0 Å². The number of aromatic nitrogens is 2. The van der Waals surface area contributed by atoms with Gasteiger partial charge >= 0.3 is 5.97 Å². The van der Waals surface area contributed by atoms with Crippen molar-refractivity contribution in [3.63, 3.8) is 0 Å².